The lowest BCUT2D eigenvalue weighted by Crippen LogP contribution is -2.35. The first-order valence-electron chi connectivity index (χ1n) is 10.5. The van der Waals surface area contributed by atoms with Gasteiger partial charge in [-0.15, -0.1) is 0 Å². The number of thioether (sulfide) groups is 1. The molecule has 0 bridgehead atoms. The van der Waals surface area contributed by atoms with E-state index in [1.165, 1.54) is 11.8 Å². The average molecular weight is 466 g/mol. The van der Waals surface area contributed by atoms with E-state index in [-0.39, 0.29) is 36.4 Å². The van der Waals surface area contributed by atoms with Crippen molar-refractivity contribution in [2.24, 2.45) is 0 Å². The van der Waals surface area contributed by atoms with Gasteiger partial charge in [0.2, 0.25) is 11.8 Å². The van der Waals surface area contributed by atoms with Crippen molar-refractivity contribution in [2.75, 3.05) is 18.8 Å². The second-order valence-electron chi connectivity index (χ2n) is 8.27. The number of ether oxygens (including phenoxy) is 1. The molecule has 2 aromatic heterocycles. The smallest absolute Gasteiger partial charge is 0.416 e. The molecule has 2 atom stereocenters. The molecule has 0 N–H and O–H groups in total. The molecule has 32 heavy (non-hydrogen) atoms. The van der Waals surface area contributed by atoms with Gasteiger partial charge in [0.15, 0.2) is 5.16 Å². The standard InChI is InChI=1S/C21H21F3N4O3S/c22-21(23,24)12-4-6-25-17(8-12)31-14-5-7-27(10-14)18(29)9-13-11-32-20-26-16-3-1-2-15(16)19(30)28(13)20/h4,6,8,13-14H,1-3,5,7,9-11H2. The molecule has 0 saturated carbocycles. The Morgan fingerprint density at radius 1 is 1.31 bits per heavy atom. The molecular formula is C21H21F3N4O3S. The molecule has 0 aromatic carbocycles. The van der Waals surface area contributed by atoms with E-state index < -0.39 is 17.8 Å². The molecule has 4 heterocycles. The normalized spacial score (nSPS) is 22.2. The molecule has 2 aromatic rings. The minimum atomic E-state index is -4.47. The Labute approximate surface area is 186 Å². The van der Waals surface area contributed by atoms with Gasteiger partial charge in [0.1, 0.15) is 6.10 Å². The van der Waals surface area contributed by atoms with E-state index in [1.807, 2.05) is 0 Å². The van der Waals surface area contributed by atoms with Crippen LogP contribution in [0.2, 0.25) is 0 Å². The maximum Gasteiger partial charge on any atom is 0.416 e. The summed E-state index contributed by atoms with van der Waals surface area (Å²) in [6.07, 6.45) is -0.628. The highest BCUT2D eigenvalue weighted by Gasteiger charge is 2.35. The van der Waals surface area contributed by atoms with Crippen molar-refractivity contribution in [3.05, 3.63) is 45.5 Å². The second-order valence-corrected chi connectivity index (χ2v) is 9.25. The van der Waals surface area contributed by atoms with E-state index in [9.17, 15) is 22.8 Å². The molecule has 3 aliphatic rings. The highest BCUT2D eigenvalue weighted by molar-refractivity contribution is 7.99. The maximum absolute atomic E-state index is 12.9. The van der Waals surface area contributed by atoms with Crippen LogP contribution in [0.3, 0.4) is 0 Å². The fourth-order valence-electron chi connectivity index (χ4n) is 4.50. The van der Waals surface area contributed by atoms with Crippen molar-refractivity contribution >= 4 is 17.7 Å². The zero-order valence-electron chi connectivity index (χ0n) is 17.1. The van der Waals surface area contributed by atoms with Gasteiger partial charge in [0.25, 0.3) is 5.56 Å². The van der Waals surface area contributed by atoms with Crippen LogP contribution in [0, 0.1) is 0 Å². The Bertz CT molecular complexity index is 1120. The Kier molecular flexibility index (Phi) is 5.39. The number of aromatic nitrogens is 3. The Morgan fingerprint density at radius 3 is 2.97 bits per heavy atom. The lowest BCUT2D eigenvalue weighted by molar-refractivity contribution is -0.137. The number of likely N-dealkylation sites (tertiary alicyclic amines) is 1. The Hall–Kier alpha value is -2.56. The summed E-state index contributed by atoms with van der Waals surface area (Å²) in [6, 6.07) is 1.52. The molecule has 0 spiro atoms. The van der Waals surface area contributed by atoms with Gasteiger partial charge in [0, 0.05) is 43.0 Å². The first-order chi connectivity index (χ1) is 15.3. The number of rotatable bonds is 4. The summed E-state index contributed by atoms with van der Waals surface area (Å²) >= 11 is 1.50. The van der Waals surface area contributed by atoms with Crippen molar-refractivity contribution in [3.8, 4) is 5.88 Å². The molecule has 7 nitrogen and oxygen atoms in total. The van der Waals surface area contributed by atoms with Gasteiger partial charge in [-0.2, -0.15) is 13.2 Å². The summed E-state index contributed by atoms with van der Waals surface area (Å²) in [6.45, 7) is 0.729. The van der Waals surface area contributed by atoms with Gasteiger partial charge >= 0.3 is 6.18 Å². The van der Waals surface area contributed by atoms with Crippen molar-refractivity contribution in [3.63, 3.8) is 0 Å². The van der Waals surface area contributed by atoms with Gasteiger partial charge in [-0.1, -0.05) is 11.8 Å². The van der Waals surface area contributed by atoms with Crippen LogP contribution < -0.4 is 10.3 Å². The van der Waals surface area contributed by atoms with Crippen molar-refractivity contribution < 1.29 is 22.7 Å². The molecule has 2 aliphatic heterocycles. The number of carbonyl (C=O) groups is 1. The highest BCUT2D eigenvalue weighted by atomic mass is 32.2. The Morgan fingerprint density at radius 2 is 2.16 bits per heavy atom. The van der Waals surface area contributed by atoms with E-state index >= 15 is 0 Å². The zero-order chi connectivity index (χ0) is 22.5. The third kappa shape index (κ3) is 3.98. The topological polar surface area (TPSA) is 77.3 Å². The molecular weight excluding hydrogens is 445 g/mol. The molecule has 170 valence electrons. The van der Waals surface area contributed by atoms with Crippen LogP contribution in [0.4, 0.5) is 13.2 Å². The summed E-state index contributed by atoms with van der Waals surface area (Å²) in [4.78, 5) is 35.9. The highest BCUT2D eigenvalue weighted by Crippen LogP contribution is 2.35. The largest absolute Gasteiger partial charge is 0.472 e. The van der Waals surface area contributed by atoms with Crippen LogP contribution in [-0.4, -0.2) is 50.3 Å². The predicted molar refractivity (Wildman–Crippen MR) is 110 cm³/mol. The van der Waals surface area contributed by atoms with Crippen LogP contribution in [-0.2, 0) is 23.8 Å². The third-order valence-electron chi connectivity index (χ3n) is 6.13. The summed E-state index contributed by atoms with van der Waals surface area (Å²) in [5.41, 5.74) is 0.820. The monoisotopic (exact) mass is 466 g/mol. The molecule has 1 amide bonds. The van der Waals surface area contributed by atoms with Crippen LogP contribution >= 0.6 is 11.8 Å². The SMILES string of the molecule is O=C(CC1CSc2nc3c(c(=O)n21)CCC3)N1CCC(Oc2cc(C(F)(F)F)ccn2)C1. The fourth-order valence-corrected chi connectivity index (χ4v) is 5.66. The van der Waals surface area contributed by atoms with Gasteiger partial charge in [0.05, 0.1) is 23.8 Å². The van der Waals surface area contributed by atoms with Gasteiger partial charge < -0.3 is 9.64 Å². The first kappa shape index (κ1) is 21.3. The van der Waals surface area contributed by atoms with E-state index in [4.69, 9.17) is 4.74 Å². The molecule has 11 heteroatoms. The van der Waals surface area contributed by atoms with Crippen molar-refractivity contribution in [1.29, 1.82) is 0 Å². The number of fused-ring (bicyclic) bond motifs is 2. The maximum atomic E-state index is 12.9. The van der Waals surface area contributed by atoms with Gasteiger partial charge in [-0.25, -0.2) is 9.97 Å². The fraction of sp³-hybridized carbons (Fsp3) is 0.524. The van der Waals surface area contributed by atoms with Crippen LogP contribution in [0.25, 0.3) is 0 Å². The van der Waals surface area contributed by atoms with E-state index in [0.29, 0.717) is 23.9 Å². The number of amides is 1. The minimum absolute atomic E-state index is 0.0245. The van der Waals surface area contributed by atoms with Gasteiger partial charge in [-0.05, 0) is 25.3 Å². The van der Waals surface area contributed by atoms with E-state index in [1.54, 1.807) is 9.47 Å². The molecule has 0 radical (unpaired) electrons. The number of hydrogen-bond donors (Lipinski definition) is 0. The third-order valence-corrected chi connectivity index (χ3v) is 7.23. The number of nitrogens with zero attached hydrogens (tertiary/aromatic N) is 4. The molecule has 1 saturated heterocycles. The zero-order valence-corrected chi connectivity index (χ0v) is 17.9. The van der Waals surface area contributed by atoms with Crippen molar-refractivity contribution in [2.45, 2.75) is 55.6 Å². The van der Waals surface area contributed by atoms with Crippen molar-refractivity contribution in [1.82, 2.24) is 19.4 Å². The quantitative estimate of drug-likeness (QED) is 0.645. The summed E-state index contributed by atoms with van der Waals surface area (Å²) in [5, 5.41) is 0.687. The lowest BCUT2D eigenvalue weighted by Gasteiger charge is -2.20. The summed E-state index contributed by atoms with van der Waals surface area (Å²) < 4.78 is 45.9. The van der Waals surface area contributed by atoms with E-state index in [2.05, 4.69) is 9.97 Å². The van der Waals surface area contributed by atoms with Crippen LogP contribution in [0.1, 0.15) is 42.1 Å². The number of halogens is 3. The molecule has 1 fully saturated rings. The molecule has 1 aliphatic carbocycles. The number of aryl methyl sites for hydroxylation is 1. The molecule has 2 unspecified atom stereocenters. The second kappa shape index (κ2) is 8.09. The Balaban J connectivity index is 1.22. The number of hydrogen-bond acceptors (Lipinski definition) is 6. The number of pyridine rings is 1. The van der Waals surface area contributed by atoms with Crippen LogP contribution in [0.15, 0.2) is 28.3 Å². The molecule has 5 rings (SSSR count). The minimum Gasteiger partial charge on any atom is -0.472 e. The first-order valence-corrected chi connectivity index (χ1v) is 11.5. The number of carbonyl (C=O) groups excluding carboxylic acids is 1. The van der Waals surface area contributed by atoms with Gasteiger partial charge in [-0.3, -0.25) is 14.2 Å². The predicted octanol–water partition coefficient (Wildman–Crippen LogP) is 2.86. The van der Waals surface area contributed by atoms with E-state index in [0.717, 1.165) is 48.8 Å². The average Bonchev–Trinajstić information content (AvgIpc) is 3.48. The summed E-state index contributed by atoms with van der Waals surface area (Å²) in [5.74, 6) is 0.421. The number of alkyl halides is 3. The van der Waals surface area contributed by atoms with Crippen LogP contribution in [0.5, 0.6) is 5.88 Å². The summed E-state index contributed by atoms with van der Waals surface area (Å²) in [7, 11) is 0. The lowest BCUT2D eigenvalue weighted by atomic mass is 10.2.